The Hall–Kier alpha value is -0.740. The van der Waals surface area contributed by atoms with Gasteiger partial charge < -0.3 is 9.84 Å². The molecule has 4 heteroatoms. The Labute approximate surface area is 98.8 Å². The first-order valence-corrected chi connectivity index (χ1v) is 6.47. The van der Waals surface area contributed by atoms with Gasteiger partial charge in [-0.1, -0.05) is 6.07 Å². The van der Waals surface area contributed by atoms with E-state index in [4.69, 9.17) is 4.74 Å². The van der Waals surface area contributed by atoms with Crippen molar-refractivity contribution in [1.82, 2.24) is 0 Å². The number of thioether (sulfide) groups is 1. The van der Waals surface area contributed by atoms with Gasteiger partial charge in [-0.15, -0.1) is 0 Å². The standard InChI is InChI=1S/C12H15FO2S/c1-15-11-3-2-8(6-10(11)13)12(14)9-4-5-16-7-9/h2-3,6,9,12,14H,4-5,7H2,1H3. The fourth-order valence-corrected chi connectivity index (χ4v) is 3.23. The highest BCUT2D eigenvalue weighted by Crippen LogP contribution is 2.35. The van der Waals surface area contributed by atoms with Gasteiger partial charge in [0.15, 0.2) is 11.6 Å². The van der Waals surface area contributed by atoms with Crippen molar-refractivity contribution in [3.63, 3.8) is 0 Å². The second-order valence-electron chi connectivity index (χ2n) is 3.96. The minimum atomic E-state index is -0.560. The summed E-state index contributed by atoms with van der Waals surface area (Å²) < 4.78 is 18.3. The summed E-state index contributed by atoms with van der Waals surface area (Å²) in [5.41, 5.74) is 0.644. The first-order chi connectivity index (χ1) is 7.72. The number of aliphatic hydroxyl groups excluding tert-OH is 1. The quantitative estimate of drug-likeness (QED) is 0.883. The normalized spacial score (nSPS) is 22.1. The van der Waals surface area contributed by atoms with Crippen molar-refractivity contribution in [3.8, 4) is 5.75 Å². The highest BCUT2D eigenvalue weighted by atomic mass is 32.2. The highest BCUT2D eigenvalue weighted by Gasteiger charge is 2.25. The van der Waals surface area contributed by atoms with Crippen molar-refractivity contribution in [1.29, 1.82) is 0 Å². The van der Waals surface area contributed by atoms with Gasteiger partial charge >= 0.3 is 0 Å². The van der Waals surface area contributed by atoms with Gasteiger partial charge in [-0.2, -0.15) is 11.8 Å². The minimum absolute atomic E-state index is 0.219. The Morgan fingerprint density at radius 1 is 1.56 bits per heavy atom. The molecule has 0 bridgehead atoms. The molecule has 0 radical (unpaired) electrons. The van der Waals surface area contributed by atoms with E-state index in [0.29, 0.717) is 5.56 Å². The van der Waals surface area contributed by atoms with Crippen molar-refractivity contribution < 1.29 is 14.2 Å². The van der Waals surface area contributed by atoms with Crippen LogP contribution in [0.5, 0.6) is 5.75 Å². The van der Waals surface area contributed by atoms with Gasteiger partial charge in [0.2, 0.25) is 0 Å². The third kappa shape index (κ3) is 2.33. The third-order valence-electron chi connectivity index (χ3n) is 2.93. The molecule has 0 aliphatic carbocycles. The van der Waals surface area contributed by atoms with Crippen LogP contribution in [0.4, 0.5) is 4.39 Å². The van der Waals surface area contributed by atoms with E-state index in [9.17, 15) is 9.50 Å². The molecule has 1 saturated heterocycles. The summed E-state index contributed by atoms with van der Waals surface area (Å²) in [5, 5.41) is 10.1. The topological polar surface area (TPSA) is 29.5 Å². The molecule has 88 valence electrons. The predicted octanol–water partition coefficient (Wildman–Crippen LogP) is 2.62. The van der Waals surface area contributed by atoms with Crippen LogP contribution < -0.4 is 4.74 Å². The summed E-state index contributed by atoms with van der Waals surface area (Å²) in [4.78, 5) is 0. The zero-order valence-electron chi connectivity index (χ0n) is 9.15. The molecule has 1 aromatic rings. The maximum atomic E-state index is 13.5. The zero-order valence-corrected chi connectivity index (χ0v) is 9.97. The summed E-state index contributed by atoms with van der Waals surface area (Å²) in [7, 11) is 1.43. The van der Waals surface area contributed by atoms with Crippen LogP contribution in [0.25, 0.3) is 0 Å². The Balaban J connectivity index is 2.16. The predicted molar refractivity (Wildman–Crippen MR) is 63.3 cm³/mol. The number of ether oxygens (including phenoxy) is 1. The molecule has 0 saturated carbocycles. The molecule has 0 aromatic heterocycles. The average Bonchev–Trinajstić information content (AvgIpc) is 2.81. The van der Waals surface area contributed by atoms with Gasteiger partial charge in [-0.05, 0) is 41.5 Å². The van der Waals surface area contributed by atoms with Gasteiger partial charge in [0, 0.05) is 0 Å². The van der Waals surface area contributed by atoms with Gasteiger partial charge in [-0.3, -0.25) is 0 Å². The molecule has 1 heterocycles. The average molecular weight is 242 g/mol. The summed E-state index contributed by atoms with van der Waals surface area (Å²) >= 11 is 1.84. The van der Waals surface area contributed by atoms with Crippen LogP contribution in [0.3, 0.4) is 0 Å². The Kier molecular flexibility index (Phi) is 3.71. The van der Waals surface area contributed by atoms with Crippen molar-refractivity contribution in [2.24, 2.45) is 5.92 Å². The van der Waals surface area contributed by atoms with Crippen LogP contribution in [0.15, 0.2) is 18.2 Å². The van der Waals surface area contributed by atoms with E-state index in [2.05, 4.69) is 0 Å². The van der Waals surface area contributed by atoms with Crippen LogP contribution in [0.2, 0.25) is 0 Å². The number of benzene rings is 1. The van der Waals surface area contributed by atoms with Gasteiger partial charge in [0.25, 0.3) is 0 Å². The summed E-state index contributed by atoms with van der Waals surface area (Å²) in [5.74, 6) is 2.09. The molecule has 1 aliphatic heterocycles. The second kappa shape index (κ2) is 5.06. The van der Waals surface area contributed by atoms with E-state index in [1.165, 1.54) is 13.2 Å². The van der Waals surface area contributed by atoms with Crippen molar-refractivity contribution >= 4 is 11.8 Å². The summed E-state index contributed by atoms with van der Waals surface area (Å²) in [6.07, 6.45) is 0.440. The van der Waals surface area contributed by atoms with Crippen molar-refractivity contribution in [2.45, 2.75) is 12.5 Å². The van der Waals surface area contributed by atoms with Gasteiger partial charge in [0.1, 0.15) is 0 Å². The number of rotatable bonds is 3. The van der Waals surface area contributed by atoms with E-state index < -0.39 is 11.9 Å². The Bertz CT molecular complexity index is 364. The maximum absolute atomic E-state index is 13.5. The molecule has 0 amide bonds. The van der Waals surface area contributed by atoms with E-state index in [0.717, 1.165) is 17.9 Å². The first-order valence-electron chi connectivity index (χ1n) is 5.31. The zero-order chi connectivity index (χ0) is 11.5. The molecule has 2 nitrogen and oxygen atoms in total. The Morgan fingerprint density at radius 3 is 2.94 bits per heavy atom. The maximum Gasteiger partial charge on any atom is 0.165 e. The van der Waals surface area contributed by atoms with Crippen LogP contribution in [-0.4, -0.2) is 23.7 Å². The minimum Gasteiger partial charge on any atom is -0.494 e. The number of hydrogen-bond acceptors (Lipinski definition) is 3. The lowest BCUT2D eigenvalue weighted by Gasteiger charge is -2.17. The molecule has 1 aromatic carbocycles. The molecule has 2 unspecified atom stereocenters. The fraction of sp³-hybridized carbons (Fsp3) is 0.500. The lowest BCUT2D eigenvalue weighted by Crippen LogP contribution is -2.12. The van der Waals surface area contributed by atoms with Crippen LogP contribution in [0.1, 0.15) is 18.1 Å². The lowest BCUT2D eigenvalue weighted by atomic mass is 9.95. The number of aliphatic hydroxyl groups is 1. The molecule has 2 rings (SSSR count). The molecule has 2 atom stereocenters. The van der Waals surface area contributed by atoms with Crippen LogP contribution >= 0.6 is 11.8 Å². The molecule has 16 heavy (non-hydrogen) atoms. The second-order valence-corrected chi connectivity index (χ2v) is 5.11. The van der Waals surface area contributed by atoms with Crippen molar-refractivity contribution in [3.05, 3.63) is 29.6 Å². The molecule has 1 N–H and O–H groups in total. The van der Waals surface area contributed by atoms with Crippen molar-refractivity contribution in [2.75, 3.05) is 18.6 Å². The van der Waals surface area contributed by atoms with Crippen LogP contribution in [0, 0.1) is 11.7 Å². The highest BCUT2D eigenvalue weighted by molar-refractivity contribution is 7.99. The first kappa shape index (κ1) is 11.7. The van der Waals surface area contributed by atoms with E-state index in [-0.39, 0.29) is 11.7 Å². The number of hydrogen-bond donors (Lipinski definition) is 1. The van der Waals surface area contributed by atoms with Crippen LogP contribution in [-0.2, 0) is 0 Å². The fourth-order valence-electron chi connectivity index (χ4n) is 1.94. The largest absolute Gasteiger partial charge is 0.494 e. The SMILES string of the molecule is COc1ccc(C(O)C2CCSC2)cc1F. The van der Waals surface area contributed by atoms with E-state index >= 15 is 0 Å². The third-order valence-corrected chi connectivity index (χ3v) is 4.12. The smallest absolute Gasteiger partial charge is 0.165 e. The number of methoxy groups -OCH3 is 1. The molecular weight excluding hydrogens is 227 g/mol. The molecular formula is C12H15FO2S. The van der Waals surface area contributed by atoms with E-state index in [1.54, 1.807) is 12.1 Å². The van der Waals surface area contributed by atoms with Gasteiger partial charge in [0.05, 0.1) is 13.2 Å². The summed E-state index contributed by atoms with van der Waals surface area (Å²) in [6, 6.07) is 4.66. The van der Waals surface area contributed by atoms with E-state index in [1.807, 2.05) is 11.8 Å². The molecule has 0 spiro atoms. The monoisotopic (exact) mass is 242 g/mol. The molecule has 1 aliphatic rings. The number of halogens is 1. The Morgan fingerprint density at radius 2 is 2.38 bits per heavy atom. The van der Waals surface area contributed by atoms with Gasteiger partial charge in [-0.25, -0.2) is 4.39 Å². The molecule has 1 fully saturated rings. The lowest BCUT2D eigenvalue weighted by molar-refractivity contribution is 0.121. The summed E-state index contributed by atoms with van der Waals surface area (Å²) in [6.45, 7) is 0.